The number of nitrogens with two attached hydrogens (primary N) is 1. The first-order valence-corrected chi connectivity index (χ1v) is 9.44. The first-order valence-electron chi connectivity index (χ1n) is 8.63. The van der Waals surface area contributed by atoms with Crippen molar-refractivity contribution in [1.82, 2.24) is 0 Å². The van der Waals surface area contributed by atoms with E-state index in [2.05, 4.69) is 5.32 Å². The molecule has 2 atom stereocenters. The average molecular weight is 371 g/mol. The highest BCUT2D eigenvalue weighted by atomic mass is 32.1. The van der Waals surface area contributed by atoms with E-state index in [-0.39, 0.29) is 5.92 Å². The minimum absolute atomic E-state index is 0.199. The molecule has 0 radical (unpaired) electrons. The fraction of sp³-hybridized carbons (Fsp3) is 0.722. The summed E-state index contributed by atoms with van der Waals surface area (Å²) in [5, 5.41) is 23.4. The van der Waals surface area contributed by atoms with Crippen LogP contribution in [0.5, 0.6) is 0 Å². The van der Waals surface area contributed by atoms with Crippen molar-refractivity contribution in [3.8, 4) is 0 Å². The van der Waals surface area contributed by atoms with Crippen LogP contribution in [0.3, 0.4) is 0 Å². The lowest BCUT2D eigenvalue weighted by molar-refractivity contribution is -0.136. The molecule has 25 heavy (non-hydrogen) atoms. The maximum absolute atomic E-state index is 12.3. The Kier molecular flexibility index (Phi) is 5.66. The van der Waals surface area contributed by atoms with Crippen molar-refractivity contribution < 1.29 is 19.7 Å². The van der Waals surface area contributed by atoms with Crippen molar-refractivity contribution in [2.75, 3.05) is 5.32 Å². The second-order valence-corrected chi connectivity index (χ2v) is 9.30. The number of ether oxygens (including phenoxy) is 1. The summed E-state index contributed by atoms with van der Waals surface area (Å²) in [6.45, 7) is 11.8. The van der Waals surface area contributed by atoms with Crippen molar-refractivity contribution in [2.45, 2.75) is 77.9 Å². The second-order valence-electron chi connectivity index (χ2n) is 8.28. The number of aliphatic hydroxyl groups is 2. The van der Waals surface area contributed by atoms with Crippen molar-refractivity contribution in [3.05, 3.63) is 16.0 Å². The fourth-order valence-corrected chi connectivity index (χ4v) is 4.80. The number of anilines is 1. The number of nitrogens with one attached hydrogen (secondary N) is 1. The molecule has 2 unspecified atom stereocenters. The number of amides is 1. The summed E-state index contributed by atoms with van der Waals surface area (Å²) in [6, 6.07) is 0. The maximum atomic E-state index is 12.3. The average Bonchev–Trinajstić information content (AvgIpc) is 2.74. The van der Waals surface area contributed by atoms with E-state index in [4.69, 9.17) is 10.5 Å². The Balaban J connectivity index is 2.41. The molecule has 1 aliphatic heterocycles. The van der Waals surface area contributed by atoms with Crippen LogP contribution in [0, 0.1) is 5.92 Å². The van der Waals surface area contributed by atoms with Gasteiger partial charge in [-0.2, -0.15) is 0 Å². The number of rotatable bonds is 5. The molecule has 1 amide bonds. The SMILES string of the molecule is CC(C)CC(O)C(=O)Nc1sc2c(c1C(N)O)CC(C)(C)OC2(C)C. The monoisotopic (exact) mass is 370 g/mol. The maximum Gasteiger partial charge on any atom is 0.253 e. The molecular weight excluding hydrogens is 340 g/mol. The molecule has 142 valence electrons. The molecule has 1 aliphatic rings. The molecule has 6 nitrogen and oxygen atoms in total. The zero-order valence-electron chi connectivity index (χ0n) is 15.8. The molecule has 0 aliphatic carbocycles. The third kappa shape index (κ3) is 4.41. The molecular formula is C18H30N2O4S. The quantitative estimate of drug-likeness (QED) is 0.597. The van der Waals surface area contributed by atoms with E-state index in [9.17, 15) is 15.0 Å². The van der Waals surface area contributed by atoms with Crippen LogP contribution in [-0.2, 0) is 21.6 Å². The van der Waals surface area contributed by atoms with Gasteiger partial charge >= 0.3 is 0 Å². The molecule has 1 aromatic rings. The molecule has 0 fully saturated rings. The van der Waals surface area contributed by atoms with E-state index in [1.54, 1.807) is 0 Å². The highest BCUT2D eigenvalue weighted by Crippen LogP contribution is 2.49. The van der Waals surface area contributed by atoms with Gasteiger partial charge in [0, 0.05) is 16.9 Å². The summed E-state index contributed by atoms with van der Waals surface area (Å²) >= 11 is 1.35. The standard InChI is InChI=1S/C18H30N2O4S/c1-9(2)7-11(21)15(23)20-16-12(14(19)22)10-8-17(3,4)24-18(5,6)13(10)25-16/h9,11,14,21-22H,7-8,19H2,1-6H3,(H,20,23). The molecule has 0 saturated carbocycles. The van der Waals surface area contributed by atoms with E-state index in [1.165, 1.54) is 11.3 Å². The van der Waals surface area contributed by atoms with Crippen LogP contribution in [-0.4, -0.2) is 27.8 Å². The summed E-state index contributed by atoms with van der Waals surface area (Å²) in [5.74, 6) is -0.280. The Morgan fingerprint density at radius 1 is 1.32 bits per heavy atom. The fourth-order valence-electron chi connectivity index (χ4n) is 3.49. The largest absolute Gasteiger partial charge is 0.383 e. The van der Waals surface area contributed by atoms with Crippen LogP contribution in [0.4, 0.5) is 5.00 Å². The highest BCUT2D eigenvalue weighted by molar-refractivity contribution is 7.16. The number of carbonyl (C=O) groups excluding carboxylic acids is 1. The van der Waals surface area contributed by atoms with Crippen LogP contribution < -0.4 is 11.1 Å². The third-order valence-electron chi connectivity index (χ3n) is 4.26. The first-order chi connectivity index (χ1) is 11.3. The van der Waals surface area contributed by atoms with Crippen LogP contribution in [0.25, 0.3) is 0 Å². The normalized spacial score (nSPS) is 20.9. The van der Waals surface area contributed by atoms with E-state index < -0.39 is 29.4 Å². The van der Waals surface area contributed by atoms with Crippen LogP contribution in [0.15, 0.2) is 0 Å². The van der Waals surface area contributed by atoms with Gasteiger partial charge in [0.25, 0.3) is 5.91 Å². The molecule has 0 bridgehead atoms. The molecule has 1 aromatic heterocycles. The van der Waals surface area contributed by atoms with E-state index >= 15 is 0 Å². The van der Waals surface area contributed by atoms with Gasteiger partial charge < -0.3 is 26.0 Å². The minimum atomic E-state index is -1.21. The molecule has 2 heterocycles. The summed E-state index contributed by atoms with van der Waals surface area (Å²) in [6.07, 6.45) is -1.33. The van der Waals surface area contributed by atoms with Crippen LogP contribution in [0.1, 0.15) is 70.2 Å². The number of carbonyl (C=O) groups is 1. The van der Waals surface area contributed by atoms with Gasteiger partial charge in [-0.05, 0) is 45.6 Å². The zero-order chi connectivity index (χ0) is 19.2. The number of fused-ring (bicyclic) bond motifs is 1. The van der Waals surface area contributed by atoms with Gasteiger partial charge in [-0.25, -0.2) is 0 Å². The third-order valence-corrected chi connectivity index (χ3v) is 5.73. The van der Waals surface area contributed by atoms with E-state index in [0.717, 1.165) is 10.4 Å². The smallest absolute Gasteiger partial charge is 0.253 e. The van der Waals surface area contributed by atoms with Crippen LogP contribution >= 0.6 is 11.3 Å². The van der Waals surface area contributed by atoms with E-state index in [0.29, 0.717) is 23.4 Å². The molecule has 0 spiro atoms. The lowest BCUT2D eigenvalue weighted by Crippen LogP contribution is -2.42. The number of hydrogen-bond acceptors (Lipinski definition) is 6. The Labute approximate surface area is 153 Å². The molecule has 2 rings (SSSR count). The summed E-state index contributed by atoms with van der Waals surface area (Å²) in [4.78, 5) is 13.3. The topological polar surface area (TPSA) is 105 Å². The highest BCUT2D eigenvalue weighted by Gasteiger charge is 2.42. The molecule has 7 heteroatoms. The number of hydrogen-bond donors (Lipinski definition) is 4. The van der Waals surface area contributed by atoms with Crippen LogP contribution in [0.2, 0.25) is 0 Å². The lowest BCUT2D eigenvalue weighted by atomic mass is 9.86. The first kappa shape index (κ1) is 20.3. The van der Waals surface area contributed by atoms with Crippen molar-refractivity contribution >= 4 is 22.2 Å². The lowest BCUT2D eigenvalue weighted by Gasteiger charge is -2.41. The molecule has 5 N–H and O–H groups in total. The molecule has 0 saturated heterocycles. The van der Waals surface area contributed by atoms with Gasteiger partial charge in [0.1, 0.15) is 17.3 Å². The zero-order valence-corrected chi connectivity index (χ0v) is 16.7. The van der Waals surface area contributed by atoms with Gasteiger partial charge in [-0.15, -0.1) is 11.3 Å². The Morgan fingerprint density at radius 3 is 2.44 bits per heavy atom. The van der Waals surface area contributed by atoms with Crippen molar-refractivity contribution in [2.24, 2.45) is 11.7 Å². The number of aliphatic hydroxyl groups excluding tert-OH is 2. The Hall–Kier alpha value is -0.990. The van der Waals surface area contributed by atoms with Gasteiger partial charge in [0.2, 0.25) is 0 Å². The Bertz CT molecular complexity index is 650. The summed E-state index contributed by atoms with van der Waals surface area (Å²) in [5.41, 5.74) is 6.30. The predicted octanol–water partition coefficient (Wildman–Crippen LogP) is 2.63. The second kappa shape index (κ2) is 6.96. The molecule has 0 aromatic carbocycles. The summed E-state index contributed by atoms with van der Waals surface area (Å²) < 4.78 is 6.17. The van der Waals surface area contributed by atoms with E-state index in [1.807, 2.05) is 41.5 Å². The minimum Gasteiger partial charge on any atom is -0.383 e. The predicted molar refractivity (Wildman–Crippen MR) is 99.5 cm³/mol. The van der Waals surface area contributed by atoms with Gasteiger partial charge in [0.05, 0.1) is 11.2 Å². The van der Waals surface area contributed by atoms with Gasteiger partial charge in [-0.3, -0.25) is 4.79 Å². The van der Waals surface area contributed by atoms with Gasteiger partial charge in [-0.1, -0.05) is 13.8 Å². The number of thiophene rings is 1. The van der Waals surface area contributed by atoms with Gasteiger partial charge in [0.15, 0.2) is 0 Å². The van der Waals surface area contributed by atoms with Crippen molar-refractivity contribution in [3.63, 3.8) is 0 Å². The summed E-state index contributed by atoms with van der Waals surface area (Å²) in [7, 11) is 0. The Morgan fingerprint density at radius 2 is 1.92 bits per heavy atom. The van der Waals surface area contributed by atoms with Crippen molar-refractivity contribution in [1.29, 1.82) is 0 Å².